The fourth-order valence-electron chi connectivity index (χ4n) is 3.22. The monoisotopic (exact) mass is 200 g/mol. The standard InChI is InChI=1S/C10H16O2S/c1-9(2)7-3-4-10(9,6-13-12)8(11)5-7/h7,12H,3-6H2,1-2H3/t7-,10-/m1/s1. The number of hydrogen-bond donors (Lipinski definition) is 1. The molecule has 2 fully saturated rings. The lowest BCUT2D eigenvalue weighted by atomic mass is 9.70. The van der Waals surface area contributed by atoms with Crippen molar-refractivity contribution in [1.82, 2.24) is 0 Å². The van der Waals surface area contributed by atoms with Gasteiger partial charge in [-0.1, -0.05) is 13.8 Å². The van der Waals surface area contributed by atoms with Crippen molar-refractivity contribution in [2.24, 2.45) is 16.7 Å². The van der Waals surface area contributed by atoms with Crippen LogP contribution < -0.4 is 0 Å². The molecule has 0 radical (unpaired) electrons. The summed E-state index contributed by atoms with van der Waals surface area (Å²) in [7, 11) is 0. The zero-order chi connectivity index (χ0) is 9.69. The van der Waals surface area contributed by atoms with E-state index in [9.17, 15) is 4.79 Å². The fourth-order valence-corrected chi connectivity index (χ4v) is 4.12. The molecular formula is C10H16O2S. The normalized spacial score (nSPS) is 41.5. The van der Waals surface area contributed by atoms with Gasteiger partial charge in [-0.3, -0.25) is 4.79 Å². The molecule has 2 bridgehead atoms. The van der Waals surface area contributed by atoms with Gasteiger partial charge in [-0.05, 0) is 36.2 Å². The van der Waals surface area contributed by atoms with E-state index in [1.54, 1.807) is 0 Å². The summed E-state index contributed by atoms with van der Waals surface area (Å²) in [4.78, 5) is 11.8. The summed E-state index contributed by atoms with van der Waals surface area (Å²) in [5.74, 6) is 1.54. The highest BCUT2D eigenvalue weighted by atomic mass is 32.2. The third kappa shape index (κ3) is 0.975. The average molecular weight is 200 g/mol. The lowest BCUT2D eigenvalue weighted by Gasteiger charge is -2.35. The molecule has 74 valence electrons. The van der Waals surface area contributed by atoms with Crippen LogP contribution in [0.4, 0.5) is 0 Å². The summed E-state index contributed by atoms with van der Waals surface area (Å²) in [5.41, 5.74) is -0.100. The molecule has 2 aliphatic carbocycles. The van der Waals surface area contributed by atoms with Crippen LogP contribution in [-0.2, 0) is 4.79 Å². The van der Waals surface area contributed by atoms with E-state index in [4.69, 9.17) is 4.55 Å². The Morgan fingerprint density at radius 1 is 1.62 bits per heavy atom. The molecule has 13 heavy (non-hydrogen) atoms. The second-order valence-corrected chi connectivity index (χ2v) is 5.49. The maximum absolute atomic E-state index is 11.8. The predicted molar refractivity (Wildman–Crippen MR) is 53.6 cm³/mol. The molecule has 0 aromatic rings. The van der Waals surface area contributed by atoms with Crippen LogP contribution in [0.3, 0.4) is 0 Å². The summed E-state index contributed by atoms with van der Waals surface area (Å²) < 4.78 is 8.96. The van der Waals surface area contributed by atoms with Gasteiger partial charge in [0.2, 0.25) is 0 Å². The minimum atomic E-state index is -0.211. The maximum atomic E-state index is 11.8. The van der Waals surface area contributed by atoms with Crippen LogP contribution in [0.1, 0.15) is 33.1 Å². The van der Waals surface area contributed by atoms with E-state index < -0.39 is 0 Å². The highest BCUT2D eigenvalue weighted by Crippen LogP contribution is 2.64. The van der Waals surface area contributed by atoms with E-state index in [-0.39, 0.29) is 10.8 Å². The maximum Gasteiger partial charge on any atom is 0.140 e. The molecule has 1 N–H and O–H groups in total. The molecule has 0 unspecified atom stereocenters. The number of Topliss-reactive ketones (excluding diaryl/α,β-unsaturated/α-hetero) is 1. The van der Waals surface area contributed by atoms with Gasteiger partial charge in [0.15, 0.2) is 0 Å². The molecule has 2 rings (SSSR count). The molecule has 0 aromatic carbocycles. The van der Waals surface area contributed by atoms with Crippen molar-refractivity contribution < 1.29 is 9.35 Å². The number of fused-ring (bicyclic) bond motifs is 2. The van der Waals surface area contributed by atoms with Crippen molar-refractivity contribution in [3.05, 3.63) is 0 Å². The summed E-state index contributed by atoms with van der Waals surface area (Å²) >= 11 is 0.834. The highest BCUT2D eigenvalue weighted by Gasteiger charge is 2.63. The Hall–Kier alpha value is -0.0200. The molecule has 2 aliphatic rings. The molecular weight excluding hydrogens is 184 g/mol. The van der Waals surface area contributed by atoms with E-state index in [0.717, 1.165) is 24.9 Å². The predicted octanol–water partition coefficient (Wildman–Crippen LogP) is 2.59. The quantitative estimate of drug-likeness (QED) is 0.696. The van der Waals surface area contributed by atoms with Gasteiger partial charge in [0.05, 0.1) is 0 Å². The Morgan fingerprint density at radius 3 is 2.69 bits per heavy atom. The van der Waals surface area contributed by atoms with E-state index in [1.165, 1.54) is 6.42 Å². The molecule has 0 amide bonds. The second kappa shape index (κ2) is 2.74. The number of ketones is 1. The van der Waals surface area contributed by atoms with Crippen molar-refractivity contribution in [3.8, 4) is 0 Å². The first kappa shape index (κ1) is 9.53. The minimum Gasteiger partial charge on any atom is -0.330 e. The molecule has 0 heterocycles. The summed E-state index contributed by atoms with van der Waals surface area (Å²) in [5, 5.41) is 0. The van der Waals surface area contributed by atoms with E-state index in [1.807, 2.05) is 0 Å². The van der Waals surface area contributed by atoms with Crippen molar-refractivity contribution in [1.29, 1.82) is 0 Å². The van der Waals surface area contributed by atoms with Crippen molar-refractivity contribution in [2.45, 2.75) is 33.1 Å². The number of carbonyl (C=O) groups excluding carboxylic acids is 1. The molecule has 2 nitrogen and oxygen atoms in total. The molecule has 0 aliphatic heterocycles. The van der Waals surface area contributed by atoms with E-state index in [0.29, 0.717) is 17.5 Å². The number of rotatable bonds is 2. The summed E-state index contributed by atoms with van der Waals surface area (Å²) in [6.45, 7) is 4.37. The van der Waals surface area contributed by atoms with Crippen LogP contribution >= 0.6 is 12.0 Å². The van der Waals surface area contributed by atoms with Crippen molar-refractivity contribution in [3.63, 3.8) is 0 Å². The lowest BCUT2D eigenvalue weighted by Crippen LogP contribution is -2.38. The van der Waals surface area contributed by atoms with Gasteiger partial charge >= 0.3 is 0 Å². The first-order valence-electron chi connectivity index (χ1n) is 4.84. The van der Waals surface area contributed by atoms with E-state index >= 15 is 0 Å². The van der Waals surface area contributed by atoms with Crippen LogP contribution in [0.15, 0.2) is 0 Å². The van der Waals surface area contributed by atoms with Crippen LogP contribution in [0, 0.1) is 16.7 Å². The highest BCUT2D eigenvalue weighted by molar-refractivity contribution is 7.93. The minimum absolute atomic E-state index is 0.111. The topological polar surface area (TPSA) is 37.3 Å². The number of hydrogen-bond acceptors (Lipinski definition) is 3. The zero-order valence-electron chi connectivity index (χ0n) is 8.17. The summed E-state index contributed by atoms with van der Waals surface area (Å²) in [6.07, 6.45) is 2.89. The van der Waals surface area contributed by atoms with Crippen LogP contribution in [0.5, 0.6) is 0 Å². The molecule has 0 saturated heterocycles. The zero-order valence-corrected chi connectivity index (χ0v) is 8.99. The Balaban J connectivity index is 2.37. The molecule has 3 heteroatoms. The van der Waals surface area contributed by atoms with Crippen LogP contribution in [0.25, 0.3) is 0 Å². The first-order valence-corrected chi connectivity index (χ1v) is 5.78. The third-order valence-electron chi connectivity index (χ3n) is 4.45. The van der Waals surface area contributed by atoms with Gasteiger partial charge < -0.3 is 4.55 Å². The largest absolute Gasteiger partial charge is 0.330 e. The Labute approximate surface area is 83.3 Å². The number of carbonyl (C=O) groups is 1. The molecule has 2 saturated carbocycles. The van der Waals surface area contributed by atoms with Crippen molar-refractivity contribution in [2.75, 3.05) is 5.75 Å². The van der Waals surface area contributed by atoms with Gasteiger partial charge in [0.1, 0.15) is 5.78 Å². The average Bonchev–Trinajstić information content (AvgIpc) is 2.38. The van der Waals surface area contributed by atoms with E-state index in [2.05, 4.69) is 13.8 Å². The van der Waals surface area contributed by atoms with Gasteiger partial charge in [0, 0.05) is 17.6 Å². The molecule has 0 aromatic heterocycles. The Kier molecular flexibility index (Phi) is 2.01. The van der Waals surface area contributed by atoms with Crippen molar-refractivity contribution >= 4 is 17.8 Å². The molecule has 0 spiro atoms. The Bertz CT molecular complexity index is 249. The second-order valence-electron chi connectivity index (χ2n) is 4.94. The fraction of sp³-hybridized carbons (Fsp3) is 0.900. The van der Waals surface area contributed by atoms with Crippen LogP contribution in [-0.4, -0.2) is 16.1 Å². The lowest BCUT2D eigenvalue weighted by molar-refractivity contribution is -0.127. The van der Waals surface area contributed by atoms with Gasteiger partial charge in [0.25, 0.3) is 0 Å². The van der Waals surface area contributed by atoms with Gasteiger partial charge in [-0.15, -0.1) is 0 Å². The third-order valence-corrected chi connectivity index (χ3v) is 5.07. The smallest absolute Gasteiger partial charge is 0.140 e. The van der Waals surface area contributed by atoms with Crippen LogP contribution in [0.2, 0.25) is 0 Å². The molecule has 2 atom stereocenters. The first-order chi connectivity index (χ1) is 6.04. The Morgan fingerprint density at radius 2 is 2.31 bits per heavy atom. The SMILES string of the molecule is CC1(C)[C@@H]2CC[C@@]1(CSO)C(=O)C2. The van der Waals surface area contributed by atoms with Gasteiger partial charge in [-0.2, -0.15) is 0 Å². The van der Waals surface area contributed by atoms with Gasteiger partial charge in [-0.25, -0.2) is 0 Å². The summed E-state index contributed by atoms with van der Waals surface area (Å²) in [6, 6.07) is 0.